The van der Waals surface area contributed by atoms with Crippen LogP contribution in [0.25, 0.3) is 16.9 Å². The molecule has 0 atom stereocenters. The fourth-order valence-corrected chi connectivity index (χ4v) is 2.86. The van der Waals surface area contributed by atoms with Crippen molar-refractivity contribution in [1.29, 1.82) is 0 Å². The fourth-order valence-electron chi connectivity index (χ4n) is 2.73. The number of hydrogen-bond acceptors (Lipinski definition) is 3. The molecule has 0 saturated carbocycles. The molecule has 0 radical (unpaired) electrons. The summed E-state index contributed by atoms with van der Waals surface area (Å²) in [5.41, 5.74) is 7.17. The lowest BCUT2D eigenvalue weighted by Gasteiger charge is -2.26. The molecule has 1 aliphatic rings. The van der Waals surface area contributed by atoms with Gasteiger partial charge in [-0.15, -0.1) is 0 Å². The molecule has 3 aromatic rings. The Bertz CT molecular complexity index is 911. The third-order valence-electron chi connectivity index (χ3n) is 3.77. The maximum atomic E-state index is 12.7. The fraction of sp³-hybridized carbons (Fsp3) is 0.0625. The van der Waals surface area contributed by atoms with E-state index in [9.17, 15) is 4.79 Å². The molecule has 1 aromatic heterocycles. The molecule has 1 aliphatic heterocycles. The smallest absolute Gasteiger partial charge is 0.297 e. The molecule has 0 fully saturated rings. The van der Waals surface area contributed by atoms with Crippen LogP contribution in [0, 0.1) is 0 Å². The van der Waals surface area contributed by atoms with E-state index in [1.807, 2.05) is 43.4 Å². The van der Waals surface area contributed by atoms with Crippen molar-refractivity contribution in [2.24, 2.45) is 0 Å². The highest BCUT2D eigenvalue weighted by Crippen LogP contribution is 2.36. The van der Waals surface area contributed by atoms with Gasteiger partial charge in [-0.1, -0.05) is 29.8 Å². The lowest BCUT2D eigenvalue weighted by Crippen LogP contribution is -2.32. The Labute approximate surface area is 131 Å². The Morgan fingerprint density at radius 3 is 2.55 bits per heavy atom. The van der Waals surface area contributed by atoms with E-state index >= 15 is 0 Å². The third kappa shape index (κ3) is 1.83. The summed E-state index contributed by atoms with van der Waals surface area (Å²) in [4.78, 5) is 12.7. The van der Waals surface area contributed by atoms with Crippen LogP contribution in [0.5, 0.6) is 0 Å². The number of anilines is 2. The quantitative estimate of drug-likeness (QED) is 0.725. The van der Waals surface area contributed by atoms with Gasteiger partial charge in [-0.3, -0.25) is 20.3 Å². The Morgan fingerprint density at radius 2 is 1.77 bits per heavy atom. The molecule has 110 valence electrons. The summed E-state index contributed by atoms with van der Waals surface area (Å²) in [6.45, 7) is 0. The van der Waals surface area contributed by atoms with E-state index in [1.165, 1.54) is 4.68 Å². The van der Waals surface area contributed by atoms with E-state index in [0.717, 1.165) is 22.6 Å². The van der Waals surface area contributed by atoms with Gasteiger partial charge in [0.25, 0.3) is 5.56 Å². The summed E-state index contributed by atoms with van der Waals surface area (Å²) >= 11 is 5.91. The second kappa shape index (κ2) is 4.68. The molecule has 22 heavy (non-hydrogen) atoms. The average molecular weight is 313 g/mol. The topological polar surface area (TPSA) is 53.1 Å². The van der Waals surface area contributed by atoms with Crippen LogP contribution in [0.4, 0.5) is 11.4 Å². The first kappa shape index (κ1) is 13.0. The number of aromatic nitrogens is 2. The molecular formula is C16H13ClN4O. The molecule has 0 aliphatic carbocycles. The summed E-state index contributed by atoms with van der Waals surface area (Å²) in [7, 11) is 1.83. The van der Waals surface area contributed by atoms with Gasteiger partial charge in [-0.25, -0.2) is 4.68 Å². The molecular weight excluding hydrogens is 300 g/mol. The number of nitrogens with zero attached hydrogens (tertiary/aromatic N) is 2. The monoisotopic (exact) mass is 312 g/mol. The van der Waals surface area contributed by atoms with Crippen molar-refractivity contribution in [2.75, 3.05) is 17.5 Å². The van der Waals surface area contributed by atoms with Crippen LogP contribution in [0.3, 0.4) is 0 Å². The van der Waals surface area contributed by atoms with Gasteiger partial charge in [0.2, 0.25) is 0 Å². The normalized spacial score (nSPS) is 12.5. The molecule has 5 nitrogen and oxygen atoms in total. The van der Waals surface area contributed by atoms with E-state index in [0.29, 0.717) is 10.7 Å². The molecule has 2 N–H and O–H groups in total. The minimum absolute atomic E-state index is 0.109. The molecule has 0 amide bonds. The van der Waals surface area contributed by atoms with Gasteiger partial charge in [0.1, 0.15) is 0 Å². The Hall–Kier alpha value is -2.66. The standard InChI is InChI=1S/C16H13ClN4O/c1-20-15-14(12-4-2-3-5-13(12)18-20)19-21(16(15)22)11-8-6-10(17)7-9-11/h2-9,18-19H,1H3. The lowest BCUT2D eigenvalue weighted by atomic mass is 10.1. The highest BCUT2D eigenvalue weighted by atomic mass is 35.5. The summed E-state index contributed by atoms with van der Waals surface area (Å²) in [5.74, 6) is 0. The van der Waals surface area contributed by atoms with Crippen LogP contribution >= 0.6 is 11.6 Å². The lowest BCUT2D eigenvalue weighted by molar-refractivity contribution is 0.852. The summed E-state index contributed by atoms with van der Waals surface area (Å²) < 4.78 is 1.53. The Kier molecular flexibility index (Phi) is 2.77. The summed E-state index contributed by atoms with van der Waals surface area (Å²) in [6, 6.07) is 15.0. The van der Waals surface area contributed by atoms with Crippen molar-refractivity contribution < 1.29 is 0 Å². The van der Waals surface area contributed by atoms with Gasteiger partial charge >= 0.3 is 0 Å². The van der Waals surface area contributed by atoms with Gasteiger partial charge in [0, 0.05) is 17.6 Å². The van der Waals surface area contributed by atoms with Gasteiger partial charge in [-0.2, -0.15) is 0 Å². The number of hydrogen-bond donors (Lipinski definition) is 2. The second-order valence-electron chi connectivity index (χ2n) is 5.17. The minimum atomic E-state index is -0.109. The molecule has 0 saturated heterocycles. The van der Waals surface area contributed by atoms with Crippen LogP contribution in [0.15, 0.2) is 53.3 Å². The van der Waals surface area contributed by atoms with E-state index in [-0.39, 0.29) is 5.56 Å². The number of hydrazine groups is 1. The SMILES string of the molecule is CN1Nc2ccccc2-c2[nH]n(-c3ccc(Cl)cc3)c(=O)c21. The largest absolute Gasteiger partial charge is 0.298 e. The summed E-state index contributed by atoms with van der Waals surface area (Å²) in [6.07, 6.45) is 0. The van der Waals surface area contributed by atoms with Gasteiger partial charge < -0.3 is 0 Å². The van der Waals surface area contributed by atoms with Crippen LogP contribution in [-0.2, 0) is 0 Å². The zero-order valence-electron chi connectivity index (χ0n) is 11.8. The molecule has 6 heteroatoms. The molecule has 2 heterocycles. The number of fused-ring (bicyclic) bond motifs is 3. The van der Waals surface area contributed by atoms with Crippen molar-refractivity contribution in [2.45, 2.75) is 0 Å². The second-order valence-corrected chi connectivity index (χ2v) is 5.61. The van der Waals surface area contributed by atoms with Crippen LogP contribution in [0.1, 0.15) is 0 Å². The zero-order chi connectivity index (χ0) is 15.3. The number of nitrogens with one attached hydrogen (secondary N) is 2. The molecule has 0 bridgehead atoms. The number of aromatic amines is 1. The van der Waals surface area contributed by atoms with Crippen molar-refractivity contribution in [3.8, 4) is 16.9 Å². The molecule has 0 unspecified atom stereocenters. The van der Waals surface area contributed by atoms with Crippen molar-refractivity contribution in [1.82, 2.24) is 9.78 Å². The average Bonchev–Trinajstić information content (AvgIpc) is 2.87. The van der Waals surface area contributed by atoms with Gasteiger partial charge in [0.15, 0.2) is 5.69 Å². The maximum absolute atomic E-state index is 12.7. The Balaban J connectivity index is 1.96. The van der Waals surface area contributed by atoms with Crippen molar-refractivity contribution in [3.05, 3.63) is 63.9 Å². The number of para-hydroxylation sites is 1. The first-order valence-corrected chi connectivity index (χ1v) is 7.24. The van der Waals surface area contributed by atoms with Crippen molar-refractivity contribution in [3.63, 3.8) is 0 Å². The number of rotatable bonds is 1. The zero-order valence-corrected chi connectivity index (χ0v) is 12.6. The highest BCUT2D eigenvalue weighted by Gasteiger charge is 2.26. The predicted octanol–water partition coefficient (Wildman–Crippen LogP) is 3.26. The molecule has 4 rings (SSSR count). The van der Waals surface area contributed by atoms with Gasteiger partial charge in [0.05, 0.1) is 17.1 Å². The minimum Gasteiger partial charge on any atom is -0.298 e. The van der Waals surface area contributed by atoms with E-state index in [2.05, 4.69) is 10.5 Å². The van der Waals surface area contributed by atoms with Crippen LogP contribution in [0.2, 0.25) is 5.02 Å². The van der Waals surface area contributed by atoms with Crippen molar-refractivity contribution >= 4 is 23.0 Å². The summed E-state index contributed by atoms with van der Waals surface area (Å²) in [5, 5.41) is 5.58. The number of benzene rings is 2. The van der Waals surface area contributed by atoms with E-state index < -0.39 is 0 Å². The molecule has 2 aromatic carbocycles. The predicted molar refractivity (Wildman–Crippen MR) is 88.9 cm³/mol. The van der Waals surface area contributed by atoms with Crippen LogP contribution in [-0.4, -0.2) is 16.8 Å². The Morgan fingerprint density at radius 1 is 1.05 bits per heavy atom. The maximum Gasteiger partial charge on any atom is 0.297 e. The first-order valence-electron chi connectivity index (χ1n) is 6.86. The third-order valence-corrected chi connectivity index (χ3v) is 4.02. The number of H-pyrrole nitrogens is 1. The molecule has 0 spiro atoms. The first-order chi connectivity index (χ1) is 10.6. The van der Waals surface area contributed by atoms with E-state index in [4.69, 9.17) is 11.6 Å². The van der Waals surface area contributed by atoms with Crippen LogP contribution < -0.4 is 16.0 Å². The number of halogens is 1. The van der Waals surface area contributed by atoms with Gasteiger partial charge in [-0.05, 0) is 30.3 Å². The van der Waals surface area contributed by atoms with E-state index in [1.54, 1.807) is 17.1 Å². The highest BCUT2D eigenvalue weighted by molar-refractivity contribution is 6.30.